The maximum Gasteiger partial charge on any atom is 0.303 e. The second-order valence-corrected chi connectivity index (χ2v) is 7.94. The van der Waals surface area contributed by atoms with Crippen molar-refractivity contribution in [3.05, 3.63) is 0 Å². The minimum absolute atomic E-state index is 0.0893. The molecule has 7 heteroatoms. The smallest absolute Gasteiger partial charge is 0.303 e. The first-order chi connectivity index (χ1) is 9.22. The van der Waals surface area contributed by atoms with Crippen molar-refractivity contribution in [2.75, 3.05) is 18.6 Å². The lowest BCUT2D eigenvalue weighted by molar-refractivity contribution is -0.137. The van der Waals surface area contributed by atoms with Gasteiger partial charge in [-0.25, -0.2) is 8.42 Å². The van der Waals surface area contributed by atoms with Gasteiger partial charge in [0.25, 0.3) is 0 Å². The highest BCUT2D eigenvalue weighted by molar-refractivity contribution is 7.90. The number of aliphatic carboxylic acids is 1. The van der Waals surface area contributed by atoms with Crippen molar-refractivity contribution >= 4 is 21.7 Å². The monoisotopic (exact) mass is 305 g/mol. The first-order valence-corrected chi connectivity index (χ1v) is 8.95. The normalized spacial score (nSPS) is 16.6. The van der Waals surface area contributed by atoms with Gasteiger partial charge in [-0.2, -0.15) is 0 Å². The van der Waals surface area contributed by atoms with Crippen molar-refractivity contribution in [2.45, 2.75) is 44.9 Å². The Morgan fingerprint density at radius 3 is 2.35 bits per heavy atom. The highest BCUT2D eigenvalue weighted by Gasteiger charge is 2.46. The molecule has 1 amide bonds. The molecule has 1 aliphatic carbocycles. The van der Waals surface area contributed by atoms with Crippen molar-refractivity contribution in [1.29, 1.82) is 0 Å². The highest BCUT2D eigenvalue weighted by Crippen LogP contribution is 2.49. The Bertz CT molecular complexity index is 453. The van der Waals surface area contributed by atoms with E-state index in [2.05, 4.69) is 5.32 Å². The molecule has 116 valence electrons. The molecule has 0 saturated heterocycles. The summed E-state index contributed by atoms with van der Waals surface area (Å²) >= 11 is 0. The zero-order chi connectivity index (χ0) is 15.2. The Balaban J connectivity index is 2.13. The largest absolute Gasteiger partial charge is 0.481 e. The van der Waals surface area contributed by atoms with Crippen molar-refractivity contribution < 1.29 is 23.1 Å². The summed E-state index contributed by atoms with van der Waals surface area (Å²) in [4.78, 5) is 22.0. The van der Waals surface area contributed by atoms with Crippen LogP contribution in [0.2, 0.25) is 0 Å². The molecule has 2 N–H and O–H groups in total. The molecule has 0 radical (unpaired) electrons. The van der Waals surface area contributed by atoms with Gasteiger partial charge in [0, 0.05) is 25.6 Å². The number of rotatable bonds is 10. The van der Waals surface area contributed by atoms with E-state index >= 15 is 0 Å². The number of sulfone groups is 1. The Morgan fingerprint density at radius 2 is 1.85 bits per heavy atom. The Kier molecular flexibility index (Phi) is 5.98. The second-order valence-electron chi connectivity index (χ2n) is 5.80. The summed E-state index contributed by atoms with van der Waals surface area (Å²) in [5.41, 5.74) is -0.332. The lowest BCUT2D eigenvalue weighted by Gasteiger charge is -2.13. The molecule has 0 aliphatic heterocycles. The molecule has 0 unspecified atom stereocenters. The molecule has 0 bridgehead atoms. The highest BCUT2D eigenvalue weighted by atomic mass is 32.2. The van der Waals surface area contributed by atoms with Crippen LogP contribution in [0.5, 0.6) is 0 Å². The maximum absolute atomic E-state index is 11.7. The quantitative estimate of drug-likeness (QED) is 0.586. The molecule has 1 fully saturated rings. The molecule has 0 spiro atoms. The lowest BCUT2D eigenvalue weighted by atomic mass is 10.1. The molecule has 0 aromatic heterocycles. The van der Waals surface area contributed by atoms with Crippen LogP contribution in [0, 0.1) is 5.41 Å². The Hall–Kier alpha value is -1.11. The van der Waals surface area contributed by atoms with Crippen LogP contribution in [0.4, 0.5) is 0 Å². The van der Waals surface area contributed by atoms with Crippen LogP contribution >= 0.6 is 0 Å². The topological polar surface area (TPSA) is 101 Å². The summed E-state index contributed by atoms with van der Waals surface area (Å²) in [5.74, 6) is -0.818. The second kappa shape index (κ2) is 7.06. The summed E-state index contributed by atoms with van der Waals surface area (Å²) in [6.45, 7) is 0.521. The molecule has 1 aliphatic rings. The lowest BCUT2D eigenvalue weighted by Crippen LogP contribution is -2.29. The van der Waals surface area contributed by atoms with Crippen LogP contribution in [-0.4, -0.2) is 44.0 Å². The third kappa shape index (κ3) is 7.47. The number of carbonyl (C=O) groups is 2. The fraction of sp³-hybridized carbons (Fsp3) is 0.846. The third-order valence-corrected chi connectivity index (χ3v) is 4.59. The van der Waals surface area contributed by atoms with E-state index in [9.17, 15) is 18.0 Å². The van der Waals surface area contributed by atoms with Gasteiger partial charge in [-0.1, -0.05) is 6.42 Å². The first kappa shape index (κ1) is 16.9. The fourth-order valence-electron chi connectivity index (χ4n) is 2.31. The SMILES string of the molecule is CS(=O)(=O)CC1(CC(=O)NCCCCCC(=O)O)CC1. The molecular weight excluding hydrogens is 282 g/mol. The molecule has 0 aromatic carbocycles. The first-order valence-electron chi connectivity index (χ1n) is 6.89. The van der Waals surface area contributed by atoms with Crippen molar-refractivity contribution in [2.24, 2.45) is 5.41 Å². The van der Waals surface area contributed by atoms with E-state index in [1.54, 1.807) is 0 Å². The fourth-order valence-corrected chi connectivity index (χ4v) is 3.82. The number of carboxylic acid groups (broad SMARTS) is 1. The minimum Gasteiger partial charge on any atom is -0.481 e. The van der Waals surface area contributed by atoms with Gasteiger partial charge in [0.05, 0.1) is 5.75 Å². The van der Waals surface area contributed by atoms with Crippen LogP contribution in [0.1, 0.15) is 44.9 Å². The van der Waals surface area contributed by atoms with Crippen LogP contribution in [-0.2, 0) is 19.4 Å². The van der Waals surface area contributed by atoms with E-state index in [0.29, 0.717) is 13.0 Å². The summed E-state index contributed by atoms with van der Waals surface area (Å²) in [7, 11) is -3.04. The van der Waals surface area contributed by atoms with E-state index in [0.717, 1.165) is 25.7 Å². The Morgan fingerprint density at radius 1 is 1.20 bits per heavy atom. The van der Waals surface area contributed by atoms with Gasteiger partial charge in [0.1, 0.15) is 9.84 Å². The van der Waals surface area contributed by atoms with Gasteiger partial charge in [-0.15, -0.1) is 0 Å². The van der Waals surface area contributed by atoms with Gasteiger partial charge in [0.2, 0.25) is 5.91 Å². The molecule has 0 atom stereocenters. The van der Waals surface area contributed by atoms with E-state index in [1.165, 1.54) is 6.26 Å². The minimum atomic E-state index is -3.04. The zero-order valence-corrected chi connectivity index (χ0v) is 12.7. The molecule has 0 aromatic rings. The predicted molar refractivity (Wildman–Crippen MR) is 75.1 cm³/mol. The van der Waals surface area contributed by atoms with E-state index in [1.807, 2.05) is 0 Å². The summed E-state index contributed by atoms with van der Waals surface area (Å²) in [6, 6.07) is 0. The molecule has 1 saturated carbocycles. The van der Waals surface area contributed by atoms with Gasteiger partial charge >= 0.3 is 5.97 Å². The number of hydrogen-bond acceptors (Lipinski definition) is 4. The molecule has 0 heterocycles. The van der Waals surface area contributed by atoms with E-state index in [4.69, 9.17) is 5.11 Å². The van der Waals surface area contributed by atoms with Crippen LogP contribution in [0.15, 0.2) is 0 Å². The van der Waals surface area contributed by atoms with Gasteiger partial charge in [0.15, 0.2) is 0 Å². The summed E-state index contributed by atoms with van der Waals surface area (Å²) in [6.07, 6.45) is 5.36. The molecule has 6 nitrogen and oxygen atoms in total. The van der Waals surface area contributed by atoms with Gasteiger partial charge in [-0.05, 0) is 31.1 Å². The zero-order valence-electron chi connectivity index (χ0n) is 11.9. The summed E-state index contributed by atoms with van der Waals surface area (Å²) in [5, 5.41) is 11.2. The van der Waals surface area contributed by atoms with Crippen molar-refractivity contribution in [1.82, 2.24) is 5.32 Å². The molecule has 1 rings (SSSR count). The maximum atomic E-state index is 11.7. The number of nitrogens with one attached hydrogen (secondary N) is 1. The van der Waals surface area contributed by atoms with E-state index in [-0.39, 0.29) is 29.9 Å². The summed E-state index contributed by atoms with van der Waals surface area (Å²) < 4.78 is 22.6. The molecule has 20 heavy (non-hydrogen) atoms. The van der Waals surface area contributed by atoms with Crippen molar-refractivity contribution in [3.8, 4) is 0 Å². The van der Waals surface area contributed by atoms with Crippen LogP contribution < -0.4 is 5.32 Å². The number of carbonyl (C=O) groups excluding carboxylic acids is 1. The number of hydrogen-bond donors (Lipinski definition) is 2. The predicted octanol–water partition coefficient (Wildman–Crippen LogP) is 0.962. The third-order valence-electron chi connectivity index (χ3n) is 3.45. The molecular formula is C13H23NO5S. The number of unbranched alkanes of at least 4 members (excludes halogenated alkanes) is 2. The van der Waals surface area contributed by atoms with Gasteiger partial charge in [-0.3, -0.25) is 9.59 Å². The van der Waals surface area contributed by atoms with Gasteiger partial charge < -0.3 is 10.4 Å². The van der Waals surface area contributed by atoms with E-state index < -0.39 is 15.8 Å². The van der Waals surface area contributed by atoms with Crippen LogP contribution in [0.25, 0.3) is 0 Å². The van der Waals surface area contributed by atoms with Crippen molar-refractivity contribution in [3.63, 3.8) is 0 Å². The average Bonchev–Trinajstić information content (AvgIpc) is 2.99. The Labute approximate surface area is 119 Å². The number of amides is 1. The number of carboxylic acids is 1. The standard InChI is InChI=1S/C13H23NO5S/c1-20(18,19)10-13(6-7-13)9-11(15)14-8-4-2-3-5-12(16)17/h2-10H2,1H3,(H,14,15)(H,16,17). The van der Waals surface area contributed by atoms with Crippen LogP contribution in [0.3, 0.4) is 0 Å². The average molecular weight is 305 g/mol.